The van der Waals surface area contributed by atoms with Crippen LogP contribution < -0.4 is 5.32 Å². The summed E-state index contributed by atoms with van der Waals surface area (Å²) in [6.45, 7) is 3.04. The van der Waals surface area contributed by atoms with Gasteiger partial charge in [0.1, 0.15) is 0 Å². The minimum Gasteiger partial charge on any atom is -0.389 e. The summed E-state index contributed by atoms with van der Waals surface area (Å²) in [4.78, 5) is 0. The number of aliphatic hydroxyl groups is 1. The number of ether oxygens (including phenoxy) is 1. The number of nitrogens with zero attached hydrogens (tertiary/aromatic N) is 1. The zero-order valence-electron chi connectivity index (χ0n) is 8.10. The molecule has 0 aliphatic carbocycles. The monoisotopic (exact) mass is 197 g/mol. The number of aromatic amines is 1. The molecule has 2 rings (SSSR count). The molecule has 5 heteroatoms. The second-order valence-electron chi connectivity index (χ2n) is 3.63. The van der Waals surface area contributed by atoms with Crippen LogP contribution in [0.2, 0.25) is 0 Å². The molecule has 0 radical (unpaired) electrons. The van der Waals surface area contributed by atoms with E-state index in [2.05, 4.69) is 15.5 Å². The van der Waals surface area contributed by atoms with E-state index in [1.165, 1.54) is 0 Å². The summed E-state index contributed by atoms with van der Waals surface area (Å²) in [5.41, 5.74) is 1.09. The Labute approximate surface area is 82.5 Å². The Morgan fingerprint density at radius 1 is 1.71 bits per heavy atom. The molecule has 1 saturated heterocycles. The lowest BCUT2D eigenvalue weighted by atomic mass is 10.1. The number of hydrogen-bond donors (Lipinski definition) is 3. The maximum absolute atomic E-state index is 9.52. The van der Waals surface area contributed by atoms with Crippen molar-refractivity contribution in [2.75, 3.05) is 13.2 Å². The lowest BCUT2D eigenvalue weighted by Crippen LogP contribution is -2.40. The zero-order valence-corrected chi connectivity index (χ0v) is 8.10. The van der Waals surface area contributed by atoms with Crippen LogP contribution in [0, 0.1) is 0 Å². The van der Waals surface area contributed by atoms with E-state index in [4.69, 9.17) is 4.74 Å². The van der Waals surface area contributed by atoms with Gasteiger partial charge in [-0.05, 0) is 6.92 Å². The molecule has 0 aromatic carbocycles. The van der Waals surface area contributed by atoms with Gasteiger partial charge in [0.05, 0.1) is 31.6 Å². The molecule has 1 aliphatic heterocycles. The van der Waals surface area contributed by atoms with Gasteiger partial charge in [-0.2, -0.15) is 5.10 Å². The summed E-state index contributed by atoms with van der Waals surface area (Å²) >= 11 is 0. The van der Waals surface area contributed by atoms with E-state index >= 15 is 0 Å². The molecular formula is C9H15N3O2. The van der Waals surface area contributed by atoms with E-state index in [-0.39, 0.29) is 12.1 Å². The van der Waals surface area contributed by atoms with Crippen LogP contribution in [0.15, 0.2) is 12.4 Å². The lowest BCUT2D eigenvalue weighted by Gasteiger charge is -2.19. The molecule has 1 aromatic heterocycles. The summed E-state index contributed by atoms with van der Waals surface area (Å²) in [6, 6.07) is 0.204. The van der Waals surface area contributed by atoms with Crippen molar-refractivity contribution < 1.29 is 9.84 Å². The second-order valence-corrected chi connectivity index (χ2v) is 3.63. The average molecular weight is 197 g/mol. The predicted octanol–water partition coefficient (Wildman–Crippen LogP) is -0.180. The highest BCUT2D eigenvalue weighted by Gasteiger charge is 2.27. The Morgan fingerprint density at radius 2 is 2.57 bits per heavy atom. The Bertz CT molecular complexity index is 276. The van der Waals surface area contributed by atoms with Gasteiger partial charge in [0.25, 0.3) is 0 Å². The number of aliphatic hydroxyl groups excluding tert-OH is 1. The zero-order chi connectivity index (χ0) is 9.97. The normalized spacial score (nSPS) is 29.3. The van der Waals surface area contributed by atoms with E-state index in [1.807, 2.05) is 13.1 Å². The van der Waals surface area contributed by atoms with Crippen LogP contribution in [0.25, 0.3) is 0 Å². The second kappa shape index (κ2) is 4.08. The smallest absolute Gasteiger partial charge is 0.0948 e. The summed E-state index contributed by atoms with van der Waals surface area (Å²) < 4.78 is 5.15. The molecular weight excluding hydrogens is 182 g/mol. The standard InChI is InChI=1S/C9H15N3O2/c1-6(7-2-10-11-3-7)12-8-4-14-5-9(8)13/h2-3,6,8-9,12-13H,4-5H2,1H3,(H,10,11)/t6?,8-,9-/m1/s1. The van der Waals surface area contributed by atoms with Crippen molar-refractivity contribution >= 4 is 0 Å². The highest BCUT2D eigenvalue weighted by atomic mass is 16.5. The Kier molecular flexibility index (Phi) is 2.81. The van der Waals surface area contributed by atoms with Gasteiger partial charge in [-0.3, -0.25) is 5.10 Å². The molecule has 0 spiro atoms. The first-order valence-corrected chi connectivity index (χ1v) is 4.78. The third-order valence-electron chi connectivity index (χ3n) is 2.53. The van der Waals surface area contributed by atoms with Crippen LogP contribution in [0.3, 0.4) is 0 Å². The number of aromatic nitrogens is 2. The Balaban J connectivity index is 1.91. The first kappa shape index (κ1) is 9.64. The van der Waals surface area contributed by atoms with E-state index < -0.39 is 6.10 Å². The van der Waals surface area contributed by atoms with Crippen molar-refractivity contribution in [1.82, 2.24) is 15.5 Å². The topological polar surface area (TPSA) is 70.2 Å². The maximum atomic E-state index is 9.52. The largest absolute Gasteiger partial charge is 0.389 e. The maximum Gasteiger partial charge on any atom is 0.0948 e. The van der Waals surface area contributed by atoms with E-state index in [1.54, 1.807) is 6.20 Å². The van der Waals surface area contributed by atoms with Gasteiger partial charge in [-0.1, -0.05) is 0 Å². The van der Waals surface area contributed by atoms with Gasteiger partial charge in [0.15, 0.2) is 0 Å². The minimum atomic E-state index is -0.399. The van der Waals surface area contributed by atoms with Crippen molar-refractivity contribution in [2.45, 2.75) is 25.1 Å². The van der Waals surface area contributed by atoms with Crippen molar-refractivity contribution in [3.05, 3.63) is 18.0 Å². The number of rotatable bonds is 3. The van der Waals surface area contributed by atoms with Crippen LogP contribution >= 0.6 is 0 Å². The fourth-order valence-electron chi connectivity index (χ4n) is 1.62. The van der Waals surface area contributed by atoms with Gasteiger partial charge in [-0.15, -0.1) is 0 Å². The molecule has 14 heavy (non-hydrogen) atoms. The Morgan fingerprint density at radius 3 is 3.14 bits per heavy atom. The predicted molar refractivity (Wildman–Crippen MR) is 50.8 cm³/mol. The first-order valence-electron chi connectivity index (χ1n) is 4.78. The fourth-order valence-corrected chi connectivity index (χ4v) is 1.62. The van der Waals surface area contributed by atoms with Crippen molar-refractivity contribution in [3.8, 4) is 0 Å². The summed E-state index contributed by atoms with van der Waals surface area (Å²) in [5.74, 6) is 0. The van der Waals surface area contributed by atoms with E-state index in [9.17, 15) is 5.11 Å². The number of hydrogen-bond acceptors (Lipinski definition) is 4. The highest BCUT2D eigenvalue weighted by molar-refractivity contribution is 5.08. The molecule has 0 bridgehead atoms. The van der Waals surface area contributed by atoms with Crippen molar-refractivity contribution in [3.63, 3.8) is 0 Å². The van der Waals surface area contributed by atoms with Crippen molar-refractivity contribution in [1.29, 1.82) is 0 Å². The van der Waals surface area contributed by atoms with Gasteiger partial charge >= 0.3 is 0 Å². The van der Waals surface area contributed by atoms with Crippen LogP contribution in [0.5, 0.6) is 0 Å². The molecule has 5 nitrogen and oxygen atoms in total. The quantitative estimate of drug-likeness (QED) is 0.628. The van der Waals surface area contributed by atoms with Crippen molar-refractivity contribution in [2.24, 2.45) is 0 Å². The minimum absolute atomic E-state index is 0.0277. The molecule has 1 fully saturated rings. The van der Waals surface area contributed by atoms with Crippen LogP contribution in [-0.4, -0.2) is 40.7 Å². The van der Waals surface area contributed by atoms with Gasteiger partial charge < -0.3 is 15.2 Å². The molecule has 1 aromatic rings. The fraction of sp³-hybridized carbons (Fsp3) is 0.667. The number of H-pyrrole nitrogens is 1. The first-order chi connectivity index (χ1) is 6.77. The van der Waals surface area contributed by atoms with E-state index in [0.29, 0.717) is 13.2 Å². The molecule has 78 valence electrons. The molecule has 1 aliphatic rings. The molecule has 0 amide bonds. The van der Waals surface area contributed by atoms with E-state index in [0.717, 1.165) is 5.56 Å². The lowest BCUT2D eigenvalue weighted by molar-refractivity contribution is 0.121. The van der Waals surface area contributed by atoms with Crippen LogP contribution in [0.1, 0.15) is 18.5 Å². The molecule has 3 N–H and O–H groups in total. The van der Waals surface area contributed by atoms with Gasteiger partial charge in [0.2, 0.25) is 0 Å². The Hall–Kier alpha value is -0.910. The molecule has 1 unspecified atom stereocenters. The molecule has 2 heterocycles. The third kappa shape index (κ3) is 1.95. The summed E-state index contributed by atoms with van der Waals surface area (Å²) in [7, 11) is 0. The summed E-state index contributed by atoms with van der Waals surface area (Å²) in [6.07, 6.45) is 3.23. The molecule has 0 saturated carbocycles. The SMILES string of the molecule is CC(N[C@@H]1COC[C@H]1O)c1cn[nH]c1. The van der Waals surface area contributed by atoms with Gasteiger partial charge in [-0.25, -0.2) is 0 Å². The van der Waals surface area contributed by atoms with Crippen LogP contribution in [0.4, 0.5) is 0 Å². The third-order valence-corrected chi connectivity index (χ3v) is 2.53. The summed E-state index contributed by atoms with van der Waals surface area (Å²) in [5, 5.41) is 19.5. The highest BCUT2D eigenvalue weighted by Crippen LogP contribution is 2.14. The molecule has 3 atom stereocenters. The average Bonchev–Trinajstić information content (AvgIpc) is 2.77. The van der Waals surface area contributed by atoms with Gasteiger partial charge in [0, 0.05) is 17.8 Å². The number of nitrogens with one attached hydrogen (secondary N) is 2. The van der Waals surface area contributed by atoms with Crippen LogP contribution in [-0.2, 0) is 4.74 Å².